The van der Waals surface area contributed by atoms with Crippen LogP contribution in [0, 0.1) is 0 Å². The van der Waals surface area contributed by atoms with Crippen molar-refractivity contribution in [1.82, 2.24) is 5.32 Å². The molecule has 0 saturated heterocycles. The molecule has 4 N–H and O–H groups in total. The standard InChI is InChI=1S/C11H14ClNO4/c1-6(14)13-5-9(16)11(17)10-7(12)3-2-4-8(10)15/h2-4,9,11,15-17H,5H2,1H3,(H,13,14). The molecule has 2 unspecified atom stereocenters. The largest absolute Gasteiger partial charge is 0.508 e. The molecular weight excluding hydrogens is 246 g/mol. The maximum Gasteiger partial charge on any atom is 0.216 e. The second-order valence-corrected chi connectivity index (χ2v) is 4.03. The van der Waals surface area contributed by atoms with Gasteiger partial charge in [-0.2, -0.15) is 0 Å². The van der Waals surface area contributed by atoms with Gasteiger partial charge in [-0.3, -0.25) is 4.79 Å². The zero-order valence-corrected chi connectivity index (χ0v) is 9.98. The van der Waals surface area contributed by atoms with Crippen molar-refractivity contribution in [2.24, 2.45) is 0 Å². The number of carbonyl (C=O) groups excluding carboxylic acids is 1. The predicted octanol–water partition coefficient (Wildman–Crippen LogP) is 0.576. The van der Waals surface area contributed by atoms with Crippen LogP contribution in [-0.2, 0) is 4.79 Å². The molecule has 0 fully saturated rings. The van der Waals surface area contributed by atoms with E-state index in [1.807, 2.05) is 0 Å². The molecule has 1 aromatic carbocycles. The number of halogens is 1. The number of phenolic OH excluding ortho intramolecular Hbond substituents is 1. The Morgan fingerprint density at radius 3 is 2.65 bits per heavy atom. The number of aliphatic hydroxyl groups is 2. The molecule has 0 heterocycles. The minimum Gasteiger partial charge on any atom is -0.508 e. The molecule has 0 radical (unpaired) electrons. The van der Waals surface area contributed by atoms with Gasteiger partial charge in [0.05, 0.1) is 5.02 Å². The van der Waals surface area contributed by atoms with Crippen molar-refractivity contribution in [2.75, 3.05) is 6.54 Å². The predicted molar refractivity (Wildman–Crippen MR) is 62.8 cm³/mol. The number of carbonyl (C=O) groups is 1. The minimum atomic E-state index is -1.37. The van der Waals surface area contributed by atoms with E-state index in [0.29, 0.717) is 0 Å². The molecular formula is C11H14ClNO4. The molecule has 6 heteroatoms. The number of benzene rings is 1. The third-order valence-electron chi connectivity index (χ3n) is 2.25. The van der Waals surface area contributed by atoms with Crippen LogP contribution >= 0.6 is 11.6 Å². The Hall–Kier alpha value is -1.30. The lowest BCUT2D eigenvalue weighted by molar-refractivity contribution is -0.119. The summed E-state index contributed by atoms with van der Waals surface area (Å²) in [5.74, 6) is -0.522. The fourth-order valence-electron chi connectivity index (χ4n) is 1.37. The van der Waals surface area contributed by atoms with Gasteiger partial charge in [0.2, 0.25) is 5.91 Å². The summed E-state index contributed by atoms with van der Waals surface area (Å²) in [6.45, 7) is 1.17. The van der Waals surface area contributed by atoms with Gasteiger partial charge in [-0.15, -0.1) is 0 Å². The molecule has 0 saturated carbocycles. The smallest absolute Gasteiger partial charge is 0.216 e. The topological polar surface area (TPSA) is 89.8 Å². The lowest BCUT2D eigenvalue weighted by Gasteiger charge is -2.20. The zero-order valence-electron chi connectivity index (χ0n) is 9.22. The molecule has 1 rings (SSSR count). The van der Waals surface area contributed by atoms with Crippen LogP contribution in [0.2, 0.25) is 5.02 Å². The monoisotopic (exact) mass is 259 g/mol. The first kappa shape index (κ1) is 13.8. The van der Waals surface area contributed by atoms with Gasteiger partial charge < -0.3 is 20.6 Å². The molecule has 0 spiro atoms. The highest BCUT2D eigenvalue weighted by molar-refractivity contribution is 6.31. The van der Waals surface area contributed by atoms with Crippen LogP contribution in [0.5, 0.6) is 5.75 Å². The van der Waals surface area contributed by atoms with Crippen molar-refractivity contribution in [3.63, 3.8) is 0 Å². The van der Waals surface area contributed by atoms with Crippen LogP contribution in [0.4, 0.5) is 0 Å². The van der Waals surface area contributed by atoms with E-state index in [9.17, 15) is 20.1 Å². The highest BCUT2D eigenvalue weighted by atomic mass is 35.5. The number of aliphatic hydroxyl groups excluding tert-OH is 2. The summed E-state index contributed by atoms with van der Waals surface area (Å²) >= 11 is 5.81. The number of hydrogen-bond acceptors (Lipinski definition) is 4. The van der Waals surface area contributed by atoms with Gasteiger partial charge in [0.1, 0.15) is 18.0 Å². The van der Waals surface area contributed by atoms with Crippen molar-refractivity contribution in [3.8, 4) is 5.75 Å². The highest BCUT2D eigenvalue weighted by Crippen LogP contribution is 2.32. The summed E-state index contributed by atoms with van der Waals surface area (Å²) in [7, 11) is 0. The number of nitrogens with one attached hydrogen (secondary N) is 1. The fourth-order valence-corrected chi connectivity index (χ4v) is 1.65. The highest BCUT2D eigenvalue weighted by Gasteiger charge is 2.23. The quantitative estimate of drug-likeness (QED) is 0.637. The number of hydrogen-bond donors (Lipinski definition) is 4. The Kier molecular flexibility index (Phi) is 4.74. The molecule has 0 aliphatic rings. The summed E-state index contributed by atoms with van der Waals surface area (Å²) in [5, 5.41) is 31.5. The van der Waals surface area contributed by atoms with Crippen LogP contribution in [0.3, 0.4) is 0 Å². The Bertz CT molecular complexity index is 390. The van der Waals surface area contributed by atoms with E-state index in [-0.39, 0.29) is 28.8 Å². The number of rotatable bonds is 4. The number of phenols is 1. The molecule has 0 bridgehead atoms. The van der Waals surface area contributed by atoms with Crippen LogP contribution in [0.25, 0.3) is 0 Å². The molecule has 0 aromatic heterocycles. The van der Waals surface area contributed by atoms with E-state index in [2.05, 4.69) is 5.32 Å². The lowest BCUT2D eigenvalue weighted by Crippen LogP contribution is -2.34. The maximum absolute atomic E-state index is 10.7. The first-order chi connectivity index (χ1) is 7.93. The Labute approximate surface area is 104 Å². The van der Waals surface area contributed by atoms with Gasteiger partial charge in [-0.1, -0.05) is 17.7 Å². The van der Waals surface area contributed by atoms with Crippen molar-refractivity contribution in [1.29, 1.82) is 0 Å². The molecule has 2 atom stereocenters. The van der Waals surface area contributed by atoms with Crippen LogP contribution in [-0.4, -0.2) is 33.9 Å². The van der Waals surface area contributed by atoms with Gasteiger partial charge in [0.15, 0.2) is 0 Å². The van der Waals surface area contributed by atoms with Gasteiger partial charge in [-0.05, 0) is 12.1 Å². The van der Waals surface area contributed by atoms with Crippen molar-refractivity contribution in [3.05, 3.63) is 28.8 Å². The van der Waals surface area contributed by atoms with Crippen LogP contribution < -0.4 is 5.32 Å². The van der Waals surface area contributed by atoms with Crippen LogP contribution in [0.15, 0.2) is 18.2 Å². The van der Waals surface area contributed by atoms with Crippen LogP contribution in [0.1, 0.15) is 18.6 Å². The van der Waals surface area contributed by atoms with E-state index >= 15 is 0 Å². The second kappa shape index (κ2) is 5.86. The SMILES string of the molecule is CC(=O)NCC(O)C(O)c1c(O)cccc1Cl. The van der Waals surface area contributed by atoms with E-state index < -0.39 is 12.2 Å². The van der Waals surface area contributed by atoms with Gasteiger partial charge in [0.25, 0.3) is 0 Å². The molecule has 0 aliphatic carbocycles. The van der Waals surface area contributed by atoms with Crippen molar-refractivity contribution < 1.29 is 20.1 Å². The average molecular weight is 260 g/mol. The number of aromatic hydroxyl groups is 1. The fraction of sp³-hybridized carbons (Fsp3) is 0.364. The molecule has 1 aromatic rings. The van der Waals surface area contributed by atoms with Gasteiger partial charge in [-0.25, -0.2) is 0 Å². The molecule has 0 aliphatic heterocycles. The van der Waals surface area contributed by atoms with E-state index in [4.69, 9.17) is 11.6 Å². The van der Waals surface area contributed by atoms with E-state index in [1.54, 1.807) is 0 Å². The van der Waals surface area contributed by atoms with Crippen molar-refractivity contribution in [2.45, 2.75) is 19.1 Å². The van der Waals surface area contributed by atoms with Gasteiger partial charge >= 0.3 is 0 Å². The first-order valence-electron chi connectivity index (χ1n) is 5.01. The summed E-state index contributed by atoms with van der Waals surface area (Å²) in [5.41, 5.74) is 0.0482. The normalized spacial score (nSPS) is 14.1. The number of amides is 1. The summed E-state index contributed by atoms with van der Waals surface area (Å²) in [6, 6.07) is 4.37. The molecule has 94 valence electrons. The summed E-state index contributed by atoms with van der Waals surface area (Å²) in [6.07, 6.45) is -2.61. The summed E-state index contributed by atoms with van der Waals surface area (Å²) < 4.78 is 0. The minimum absolute atomic E-state index is 0.0482. The molecule has 17 heavy (non-hydrogen) atoms. The van der Waals surface area contributed by atoms with Crippen molar-refractivity contribution >= 4 is 17.5 Å². The second-order valence-electron chi connectivity index (χ2n) is 3.62. The summed E-state index contributed by atoms with van der Waals surface area (Å²) in [4.78, 5) is 10.7. The third-order valence-corrected chi connectivity index (χ3v) is 2.58. The zero-order chi connectivity index (χ0) is 13.0. The third kappa shape index (κ3) is 3.59. The lowest BCUT2D eigenvalue weighted by atomic mass is 10.0. The van der Waals surface area contributed by atoms with E-state index in [0.717, 1.165) is 0 Å². The molecule has 1 amide bonds. The average Bonchev–Trinajstić information content (AvgIpc) is 2.25. The Morgan fingerprint density at radius 1 is 1.47 bits per heavy atom. The van der Waals surface area contributed by atoms with E-state index in [1.165, 1.54) is 25.1 Å². The molecule has 5 nitrogen and oxygen atoms in total. The first-order valence-corrected chi connectivity index (χ1v) is 5.39. The Morgan fingerprint density at radius 2 is 2.12 bits per heavy atom. The maximum atomic E-state index is 10.7. The van der Waals surface area contributed by atoms with Gasteiger partial charge in [0, 0.05) is 19.0 Å². The Balaban J connectivity index is 2.81.